The number of aromatic nitrogens is 1. The highest BCUT2D eigenvalue weighted by atomic mass is 32.1. The number of thiazole rings is 1. The summed E-state index contributed by atoms with van der Waals surface area (Å²) in [6.07, 6.45) is 1.77. The van der Waals surface area contributed by atoms with Gasteiger partial charge in [-0.25, -0.2) is 4.98 Å². The van der Waals surface area contributed by atoms with Gasteiger partial charge in [-0.3, -0.25) is 4.79 Å². The fourth-order valence-corrected chi connectivity index (χ4v) is 1.67. The molecule has 0 atom stereocenters. The van der Waals surface area contributed by atoms with E-state index in [2.05, 4.69) is 4.98 Å². The highest BCUT2D eigenvalue weighted by molar-refractivity contribution is 7.20. The Labute approximate surface area is 67.5 Å². The van der Waals surface area contributed by atoms with E-state index >= 15 is 0 Å². The van der Waals surface area contributed by atoms with E-state index < -0.39 is 0 Å². The van der Waals surface area contributed by atoms with Crippen LogP contribution in [0, 0.1) is 0 Å². The molecule has 2 rings (SSSR count). The van der Waals surface area contributed by atoms with E-state index in [9.17, 15) is 4.79 Å². The van der Waals surface area contributed by atoms with Crippen LogP contribution in [-0.4, -0.2) is 11.3 Å². The van der Waals surface area contributed by atoms with E-state index in [-0.39, 0.29) is 0 Å². The molecule has 1 aromatic heterocycles. The van der Waals surface area contributed by atoms with Crippen molar-refractivity contribution in [3.05, 3.63) is 29.3 Å². The highest BCUT2D eigenvalue weighted by Crippen LogP contribution is 2.19. The van der Waals surface area contributed by atoms with E-state index in [0.29, 0.717) is 5.01 Å². The number of rotatable bonds is 1. The summed E-state index contributed by atoms with van der Waals surface area (Å²) in [4.78, 5) is 14.2. The lowest BCUT2D eigenvalue weighted by molar-refractivity contribution is 0.562. The van der Waals surface area contributed by atoms with Crippen LogP contribution in [0.15, 0.2) is 24.3 Å². The molecule has 0 N–H and O–H groups in total. The van der Waals surface area contributed by atoms with E-state index in [0.717, 1.165) is 10.2 Å². The van der Waals surface area contributed by atoms with Crippen molar-refractivity contribution in [2.45, 2.75) is 0 Å². The van der Waals surface area contributed by atoms with Crippen LogP contribution >= 0.6 is 11.3 Å². The zero-order valence-electron chi connectivity index (χ0n) is 5.57. The normalized spacial score (nSPS) is 10.2. The van der Waals surface area contributed by atoms with Crippen molar-refractivity contribution >= 4 is 27.8 Å². The molecule has 3 heteroatoms. The molecule has 2 aromatic rings. The summed E-state index contributed by atoms with van der Waals surface area (Å²) < 4.78 is 1.03. The molecule has 0 fully saturated rings. The van der Waals surface area contributed by atoms with Crippen LogP contribution in [-0.2, 0) is 4.79 Å². The number of benzene rings is 1. The lowest BCUT2D eigenvalue weighted by Crippen LogP contribution is -1.73. The zero-order chi connectivity index (χ0) is 7.68. The molecule has 11 heavy (non-hydrogen) atoms. The maximum Gasteiger partial charge on any atom is 0.264 e. The van der Waals surface area contributed by atoms with Crippen molar-refractivity contribution in [2.24, 2.45) is 0 Å². The Morgan fingerprint density at radius 3 is 2.91 bits per heavy atom. The molecule has 2 nitrogen and oxygen atoms in total. The Morgan fingerprint density at radius 1 is 1.36 bits per heavy atom. The maximum atomic E-state index is 10.2. The van der Waals surface area contributed by atoms with Gasteiger partial charge in [-0.1, -0.05) is 12.1 Å². The van der Waals surface area contributed by atoms with Gasteiger partial charge >= 0.3 is 0 Å². The predicted molar refractivity (Wildman–Crippen MR) is 44.4 cm³/mol. The third-order valence-electron chi connectivity index (χ3n) is 1.38. The van der Waals surface area contributed by atoms with Crippen LogP contribution in [0.1, 0.15) is 5.01 Å². The van der Waals surface area contributed by atoms with Crippen molar-refractivity contribution in [3.8, 4) is 0 Å². The molecule has 1 aromatic carbocycles. The summed E-state index contributed by atoms with van der Waals surface area (Å²) in [6, 6.07) is 7.65. The third kappa shape index (κ3) is 1.03. The van der Waals surface area contributed by atoms with Gasteiger partial charge in [0.1, 0.15) is 0 Å². The monoisotopic (exact) mass is 162 g/mol. The van der Waals surface area contributed by atoms with Gasteiger partial charge in [0.15, 0.2) is 5.01 Å². The van der Waals surface area contributed by atoms with Crippen LogP contribution < -0.4 is 0 Å². The number of hydrogen-bond donors (Lipinski definition) is 0. The Bertz CT molecular complexity index is 361. The fourth-order valence-electron chi connectivity index (χ4n) is 0.916. The first kappa shape index (κ1) is 6.49. The summed E-state index contributed by atoms with van der Waals surface area (Å²) in [5.74, 6) is 0. The first-order chi connectivity index (χ1) is 5.40. The molecule has 0 unspecified atom stereocenters. The number of hydrogen-bond acceptors (Lipinski definition) is 3. The van der Waals surface area contributed by atoms with Crippen molar-refractivity contribution in [3.63, 3.8) is 0 Å². The minimum atomic E-state index is 0.422. The molecule has 1 radical (unpaired) electrons. The minimum absolute atomic E-state index is 0.422. The van der Waals surface area contributed by atoms with E-state index in [1.54, 1.807) is 6.29 Å². The second-order valence-corrected chi connectivity index (χ2v) is 3.12. The smallest absolute Gasteiger partial charge is 0.264 e. The molecule has 0 aliphatic rings. The second kappa shape index (κ2) is 2.43. The molecule has 0 amide bonds. The molecule has 0 aliphatic heterocycles. The molecule has 0 bridgehead atoms. The summed E-state index contributed by atoms with van der Waals surface area (Å²) in [5.41, 5.74) is 0.871. The lowest BCUT2D eigenvalue weighted by atomic mass is 10.3. The molecule has 0 saturated heterocycles. The van der Waals surface area contributed by atoms with Gasteiger partial charge < -0.3 is 0 Å². The number of fused-ring (bicyclic) bond motifs is 1. The SMILES string of the molecule is O=[C]c1nc2ccccc2s1. The Kier molecular flexibility index (Phi) is 1.43. The highest BCUT2D eigenvalue weighted by Gasteiger charge is 2.00. The van der Waals surface area contributed by atoms with Gasteiger partial charge in [0.05, 0.1) is 10.2 Å². The molecule has 0 spiro atoms. The number of nitrogens with zero attached hydrogens (tertiary/aromatic N) is 1. The Hall–Kier alpha value is -1.22. The quantitative estimate of drug-likeness (QED) is 0.639. The summed E-state index contributed by atoms with van der Waals surface area (Å²) in [6.45, 7) is 0. The van der Waals surface area contributed by atoms with Crippen molar-refractivity contribution < 1.29 is 4.79 Å². The molecule has 53 valence electrons. The predicted octanol–water partition coefficient (Wildman–Crippen LogP) is 1.75. The van der Waals surface area contributed by atoms with Gasteiger partial charge in [0, 0.05) is 0 Å². The number of carbonyl (C=O) groups excluding carboxylic acids is 1. The van der Waals surface area contributed by atoms with E-state index in [1.807, 2.05) is 24.3 Å². The Morgan fingerprint density at radius 2 is 2.18 bits per heavy atom. The average molecular weight is 162 g/mol. The van der Waals surface area contributed by atoms with E-state index in [4.69, 9.17) is 0 Å². The second-order valence-electron chi connectivity index (χ2n) is 2.09. The van der Waals surface area contributed by atoms with Crippen LogP contribution in [0.3, 0.4) is 0 Å². The summed E-state index contributed by atoms with van der Waals surface area (Å²) >= 11 is 1.36. The van der Waals surface area contributed by atoms with Gasteiger partial charge in [0.2, 0.25) is 0 Å². The van der Waals surface area contributed by atoms with Gasteiger partial charge in [-0.15, -0.1) is 11.3 Å². The average Bonchev–Trinajstić information content (AvgIpc) is 2.46. The summed E-state index contributed by atoms with van der Waals surface area (Å²) in [5, 5.41) is 0.422. The van der Waals surface area contributed by atoms with Crippen molar-refractivity contribution in [2.75, 3.05) is 0 Å². The van der Waals surface area contributed by atoms with Gasteiger partial charge in [-0.2, -0.15) is 0 Å². The van der Waals surface area contributed by atoms with Gasteiger partial charge in [0.25, 0.3) is 6.29 Å². The third-order valence-corrected chi connectivity index (χ3v) is 2.31. The summed E-state index contributed by atoms with van der Waals surface area (Å²) in [7, 11) is 0. The maximum absolute atomic E-state index is 10.2. The molecular formula is C8H4NOS. The number of para-hydroxylation sites is 1. The molecule has 0 aliphatic carbocycles. The Balaban J connectivity index is 2.78. The lowest BCUT2D eigenvalue weighted by Gasteiger charge is -1.80. The van der Waals surface area contributed by atoms with Crippen LogP contribution in [0.25, 0.3) is 10.2 Å². The van der Waals surface area contributed by atoms with Crippen molar-refractivity contribution in [1.29, 1.82) is 0 Å². The minimum Gasteiger partial charge on any atom is -0.282 e. The first-order valence-corrected chi connectivity index (χ1v) is 3.95. The fraction of sp³-hybridized carbons (Fsp3) is 0. The topological polar surface area (TPSA) is 30.0 Å². The van der Waals surface area contributed by atoms with Crippen LogP contribution in [0.2, 0.25) is 0 Å². The standard InChI is InChI=1S/C8H4NOS/c10-5-8-9-6-3-1-2-4-7(6)11-8/h1-4H. The van der Waals surface area contributed by atoms with Crippen LogP contribution in [0.4, 0.5) is 0 Å². The van der Waals surface area contributed by atoms with E-state index in [1.165, 1.54) is 11.3 Å². The van der Waals surface area contributed by atoms with Gasteiger partial charge in [-0.05, 0) is 12.1 Å². The van der Waals surface area contributed by atoms with Crippen LogP contribution in [0.5, 0.6) is 0 Å². The largest absolute Gasteiger partial charge is 0.282 e. The molecular weight excluding hydrogens is 158 g/mol. The molecule has 0 saturated carbocycles. The van der Waals surface area contributed by atoms with Crippen molar-refractivity contribution in [1.82, 2.24) is 4.98 Å². The first-order valence-electron chi connectivity index (χ1n) is 3.14. The zero-order valence-corrected chi connectivity index (χ0v) is 6.39. The molecule has 1 heterocycles.